The van der Waals surface area contributed by atoms with Gasteiger partial charge in [0.1, 0.15) is 0 Å². The minimum atomic E-state index is -0.492. The van der Waals surface area contributed by atoms with Gasteiger partial charge in [-0.15, -0.1) is 0 Å². The molecule has 1 N–H and O–H groups in total. The zero-order valence-electron chi connectivity index (χ0n) is 19.6. The molecule has 162 valence electrons. The molecule has 28 heavy (non-hydrogen) atoms. The first-order chi connectivity index (χ1) is 13.2. The van der Waals surface area contributed by atoms with Crippen LogP contribution in [0.1, 0.15) is 118 Å². The van der Waals surface area contributed by atoms with E-state index < -0.39 is 5.60 Å². The Morgan fingerprint density at radius 3 is 2.39 bits per heavy atom. The molecule has 0 bridgehead atoms. The molecule has 4 saturated carbocycles. The molecule has 4 aliphatic rings. The first-order valence-corrected chi connectivity index (χ1v) is 12.9. The molecule has 0 radical (unpaired) electrons. The van der Waals surface area contributed by atoms with E-state index in [4.69, 9.17) is 0 Å². The molecule has 0 heterocycles. The first kappa shape index (κ1) is 21.2. The molecule has 0 unspecified atom stereocenters. The van der Waals surface area contributed by atoms with Crippen molar-refractivity contribution in [3.63, 3.8) is 0 Å². The van der Waals surface area contributed by atoms with Crippen LogP contribution in [-0.4, -0.2) is 10.7 Å². The highest BCUT2D eigenvalue weighted by molar-refractivity contribution is 5.09. The predicted octanol–water partition coefficient (Wildman–Crippen LogP) is 7.61. The van der Waals surface area contributed by atoms with Crippen LogP contribution in [0.15, 0.2) is 0 Å². The van der Waals surface area contributed by atoms with Crippen LogP contribution >= 0.6 is 0 Å². The average molecular weight is 389 g/mol. The number of hydrogen-bond donors (Lipinski definition) is 1. The van der Waals surface area contributed by atoms with E-state index in [1.807, 2.05) is 13.8 Å². The predicted molar refractivity (Wildman–Crippen MR) is 119 cm³/mol. The molecule has 0 aromatic heterocycles. The minimum Gasteiger partial charge on any atom is -0.390 e. The zero-order valence-corrected chi connectivity index (χ0v) is 19.6. The lowest BCUT2D eigenvalue weighted by molar-refractivity contribution is -0.114. The summed E-state index contributed by atoms with van der Waals surface area (Å²) in [5.74, 6) is 5.88. The van der Waals surface area contributed by atoms with Crippen molar-refractivity contribution in [1.82, 2.24) is 0 Å². The van der Waals surface area contributed by atoms with E-state index in [1.54, 1.807) is 6.42 Å². The van der Waals surface area contributed by atoms with E-state index >= 15 is 0 Å². The minimum absolute atomic E-state index is 0.492. The Morgan fingerprint density at radius 1 is 0.893 bits per heavy atom. The van der Waals surface area contributed by atoms with Gasteiger partial charge in [0.2, 0.25) is 0 Å². The summed E-state index contributed by atoms with van der Waals surface area (Å²) < 4.78 is 0. The maximum atomic E-state index is 10.1. The van der Waals surface area contributed by atoms with Gasteiger partial charge in [-0.3, -0.25) is 0 Å². The summed E-state index contributed by atoms with van der Waals surface area (Å²) in [4.78, 5) is 0. The summed E-state index contributed by atoms with van der Waals surface area (Å²) in [5.41, 5.74) is 0.792. The van der Waals surface area contributed by atoms with Gasteiger partial charge in [0.05, 0.1) is 5.60 Å². The lowest BCUT2D eigenvalue weighted by Crippen LogP contribution is -2.53. The average Bonchev–Trinajstić information content (AvgIpc) is 2.97. The number of rotatable bonds is 5. The molecule has 0 spiro atoms. The normalized spacial score (nSPS) is 47.1. The Balaban J connectivity index is 1.45. The highest BCUT2D eigenvalue weighted by Crippen LogP contribution is 2.68. The summed E-state index contributed by atoms with van der Waals surface area (Å²) in [6, 6.07) is 0. The third-order valence-electron chi connectivity index (χ3n) is 10.8. The molecule has 4 fully saturated rings. The van der Waals surface area contributed by atoms with Gasteiger partial charge >= 0.3 is 0 Å². The van der Waals surface area contributed by atoms with Crippen LogP contribution in [0.3, 0.4) is 0 Å². The molecule has 0 amide bonds. The Labute approximate surface area is 175 Å². The number of hydrogen-bond acceptors (Lipinski definition) is 1. The lowest BCUT2D eigenvalue weighted by atomic mass is 9.44. The molecule has 1 heteroatoms. The van der Waals surface area contributed by atoms with E-state index in [-0.39, 0.29) is 0 Å². The highest BCUT2D eigenvalue weighted by Gasteiger charge is 2.60. The van der Waals surface area contributed by atoms with Crippen molar-refractivity contribution in [2.75, 3.05) is 0 Å². The Bertz CT molecular complexity index is 547. The van der Waals surface area contributed by atoms with Crippen molar-refractivity contribution in [3.05, 3.63) is 0 Å². The quantitative estimate of drug-likeness (QED) is 0.513. The Morgan fingerprint density at radius 2 is 1.64 bits per heavy atom. The third-order valence-corrected chi connectivity index (χ3v) is 10.8. The van der Waals surface area contributed by atoms with E-state index in [0.29, 0.717) is 10.8 Å². The van der Waals surface area contributed by atoms with Gasteiger partial charge in [-0.05, 0) is 118 Å². The van der Waals surface area contributed by atoms with E-state index in [1.165, 1.54) is 70.6 Å². The lowest BCUT2D eigenvalue weighted by Gasteiger charge is -2.61. The molecule has 4 rings (SSSR count). The van der Waals surface area contributed by atoms with Crippen molar-refractivity contribution in [2.24, 2.45) is 46.3 Å². The van der Waals surface area contributed by atoms with Gasteiger partial charge in [-0.1, -0.05) is 46.5 Å². The van der Waals surface area contributed by atoms with Crippen molar-refractivity contribution in [2.45, 2.75) is 124 Å². The maximum Gasteiger partial charge on any atom is 0.0591 e. The molecule has 8 atom stereocenters. The molecule has 0 aromatic carbocycles. The zero-order chi connectivity index (χ0) is 20.2. The summed E-state index contributed by atoms with van der Waals surface area (Å²) >= 11 is 0. The molecular formula is C27H48O. The van der Waals surface area contributed by atoms with E-state index in [9.17, 15) is 5.11 Å². The molecule has 0 aromatic rings. The van der Waals surface area contributed by atoms with Crippen LogP contribution in [-0.2, 0) is 0 Å². The number of fused-ring (bicyclic) bond motifs is 5. The molecule has 1 nitrogen and oxygen atoms in total. The highest BCUT2D eigenvalue weighted by atomic mass is 16.3. The largest absolute Gasteiger partial charge is 0.390 e. The van der Waals surface area contributed by atoms with Crippen LogP contribution in [0.2, 0.25) is 0 Å². The molecule has 0 saturated heterocycles. The summed E-state index contributed by atoms with van der Waals surface area (Å²) in [6.07, 6.45) is 18.6. The van der Waals surface area contributed by atoms with Gasteiger partial charge < -0.3 is 5.11 Å². The molecular weight excluding hydrogens is 340 g/mol. The fourth-order valence-electron chi connectivity index (χ4n) is 9.33. The van der Waals surface area contributed by atoms with Crippen LogP contribution in [0.25, 0.3) is 0 Å². The van der Waals surface area contributed by atoms with Gasteiger partial charge in [0.25, 0.3) is 0 Å². The Kier molecular flexibility index (Phi) is 5.74. The second-order valence-electron chi connectivity index (χ2n) is 12.8. The Hall–Kier alpha value is -0.0400. The van der Waals surface area contributed by atoms with E-state index in [0.717, 1.165) is 41.9 Å². The maximum absolute atomic E-state index is 10.1. The van der Waals surface area contributed by atoms with Crippen LogP contribution in [0.4, 0.5) is 0 Å². The SMILES string of the molecule is C[C@H](CCCC(C)(C)O)[C@H]1CC[C@H]2[C@@H]3CC[C@@H]4CCCC[C@]4(C)[C@H]3CC[C@]12C. The van der Waals surface area contributed by atoms with Crippen molar-refractivity contribution in [3.8, 4) is 0 Å². The van der Waals surface area contributed by atoms with Crippen molar-refractivity contribution >= 4 is 0 Å². The van der Waals surface area contributed by atoms with Gasteiger partial charge in [-0.2, -0.15) is 0 Å². The van der Waals surface area contributed by atoms with Crippen molar-refractivity contribution < 1.29 is 5.11 Å². The third kappa shape index (κ3) is 3.61. The fraction of sp³-hybridized carbons (Fsp3) is 1.00. The summed E-state index contributed by atoms with van der Waals surface area (Å²) in [6.45, 7) is 11.9. The standard InChI is InChI=1S/C27H48O/c1-19(9-8-16-25(2,3)28)22-13-14-23-21-12-11-20-10-6-7-17-26(20,4)24(21)15-18-27(22,23)5/h19-24,28H,6-18H2,1-5H3/t19-,20+,21+,22-,23+,24+,26+,27-/m1/s1. The topological polar surface area (TPSA) is 20.2 Å². The number of aliphatic hydroxyl groups is 1. The summed E-state index contributed by atoms with van der Waals surface area (Å²) in [7, 11) is 0. The van der Waals surface area contributed by atoms with Gasteiger partial charge in [0.15, 0.2) is 0 Å². The van der Waals surface area contributed by atoms with Crippen molar-refractivity contribution in [1.29, 1.82) is 0 Å². The van der Waals surface area contributed by atoms with Crippen LogP contribution in [0.5, 0.6) is 0 Å². The fourth-order valence-corrected chi connectivity index (χ4v) is 9.33. The molecule has 4 aliphatic carbocycles. The summed E-state index contributed by atoms with van der Waals surface area (Å²) in [5, 5.41) is 10.1. The molecule has 0 aliphatic heterocycles. The van der Waals surface area contributed by atoms with E-state index in [2.05, 4.69) is 20.8 Å². The van der Waals surface area contributed by atoms with Crippen LogP contribution < -0.4 is 0 Å². The van der Waals surface area contributed by atoms with Gasteiger partial charge in [0, 0.05) is 0 Å². The van der Waals surface area contributed by atoms with Gasteiger partial charge in [-0.25, -0.2) is 0 Å². The van der Waals surface area contributed by atoms with Crippen LogP contribution in [0, 0.1) is 46.3 Å². The second-order valence-corrected chi connectivity index (χ2v) is 12.8. The monoisotopic (exact) mass is 388 g/mol. The first-order valence-electron chi connectivity index (χ1n) is 12.9. The smallest absolute Gasteiger partial charge is 0.0591 e. The second kappa shape index (κ2) is 7.58.